The highest BCUT2D eigenvalue weighted by Gasteiger charge is 2.26. The number of carbonyl (C=O) groups excluding carboxylic acids is 1. The average Bonchev–Trinajstić information content (AvgIpc) is 2.73. The van der Waals surface area contributed by atoms with Gasteiger partial charge in [0.15, 0.2) is 26.2 Å². The molecule has 8 heteroatoms. The first-order valence-corrected chi connectivity index (χ1v) is 8.88. The quantitative estimate of drug-likeness (QED) is 0.424. The molecule has 2 rings (SSSR count). The molecule has 1 atom stereocenters. The SMILES string of the molecule is COCOc1cccc(C(C)C(=O)c2c(O)cc(OCOC)cc2OCOC)c1. The molecule has 0 aliphatic rings. The number of methoxy groups -OCH3 is 3. The molecule has 0 heterocycles. The Bertz CT molecular complexity index is 805. The van der Waals surface area contributed by atoms with Gasteiger partial charge in [0.1, 0.15) is 28.6 Å². The van der Waals surface area contributed by atoms with Gasteiger partial charge in [0.2, 0.25) is 0 Å². The first kappa shape index (κ1) is 22.5. The van der Waals surface area contributed by atoms with Crippen LogP contribution in [-0.2, 0) is 14.2 Å². The summed E-state index contributed by atoms with van der Waals surface area (Å²) in [6, 6.07) is 9.97. The molecule has 0 aliphatic carbocycles. The van der Waals surface area contributed by atoms with Crippen LogP contribution in [0.2, 0.25) is 0 Å². The number of rotatable bonds is 12. The van der Waals surface area contributed by atoms with E-state index in [1.165, 1.54) is 33.5 Å². The molecule has 1 N–H and O–H groups in total. The second-order valence-electron chi connectivity index (χ2n) is 6.13. The Balaban J connectivity index is 2.34. The van der Waals surface area contributed by atoms with E-state index < -0.39 is 5.92 Å². The van der Waals surface area contributed by atoms with Crippen LogP contribution in [0.15, 0.2) is 36.4 Å². The maximum Gasteiger partial charge on any atom is 0.188 e. The maximum atomic E-state index is 13.2. The Morgan fingerprint density at radius 1 is 0.897 bits per heavy atom. The van der Waals surface area contributed by atoms with Crippen LogP contribution in [0.25, 0.3) is 0 Å². The van der Waals surface area contributed by atoms with Crippen LogP contribution in [0, 0.1) is 0 Å². The summed E-state index contributed by atoms with van der Waals surface area (Å²) < 4.78 is 31.0. The van der Waals surface area contributed by atoms with Gasteiger partial charge in [0.05, 0.1) is 0 Å². The third kappa shape index (κ3) is 6.08. The van der Waals surface area contributed by atoms with Crippen LogP contribution in [0.1, 0.15) is 28.8 Å². The number of phenols is 1. The first-order valence-electron chi connectivity index (χ1n) is 8.88. The predicted octanol–water partition coefficient (Wildman–Crippen LogP) is 3.33. The molecule has 0 amide bonds. The minimum Gasteiger partial charge on any atom is -0.507 e. The lowest BCUT2D eigenvalue weighted by atomic mass is 9.91. The minimum atomic E-state index is -0.567. The van der Waals surface area contributed by atoms with E-state index in [0.29, 0.717) is 11.5 Å². The van der Waals surface area contributed by atoms with E-state index in [1.807, 2.05) is 6.07 Å². The van der Waals surface area contributed by atoms with Gasteiger partial charge in [-0.2, -0.15) is 0 Å². The van der Waals surface area contributed by atoms with Gasteiger partial charge in [-0.15, -0.1) is 0 Å². The molecule has 0 aliphatic heterocycles. The summed E-state index contributed by atoms with van der Waals surface area (Å²) in [5.74, 6) is -0.115. The zero-order chi connectivity index (χ0) is 21.2. The molecule has 0 fully saturated rings. The number of aromatic hydroxyl groups is 1. The van der Waals surface area contributed by atoms with E-state index in [9.17, 15) is 9.90 Å². The standard InChI is InChI=1S/C21H26O8/c1-14(15-6-5-7-16(8-15)27-11-24-2)21(23)20-18(22)9-17(28-12-25-3)10-19(20)29-13-26-4/h5-10,14,22H,11-13H2,1-4H3. The van der Waals surface area contributed by atoms with Gasteiger partial charge in [0.25, 0.3) is 0 Å². The number of hydrogen-bond acceptors (Lipinski definition) is 8. The van der Waals surface area contributed by atoms with Crippen molar-refractivity contribution in [1.29, 1.82) is 0 Å². The highest BCUT2D eigenvalue weighted by Crippen LogP contribution is 2.37. The summed E-state index contributed by atoms with van der Waals surface area (Å²) >= 11 is 0. The summed E-state index contributed by atoms with van der Waals surface area (Å²) in [5.41, 5.74) is 0.767. The van der Waals surface area contributed by atoms with Crippen molar-refractivity contribution < 1.29 is 38.3 Å². The van der Waals surface area contributed by atoms with E-state index in [1.54, 1.807) is 25.1 Å². The zero-order valence-electron chi connectivity index (χ0n) is 17.0. The van der Waals surface area contributed by atoms with Crippen molar-refractivity contribution in [2.45, 2.75) is 12.8 Å². The Morgan fingerprint density at radius 2 is 1.52 bits per heavy atom. The first-order chi connectivity index (χ1) is 14.0. The fourth-order valence-corrected chi connectivity index (χ4v) is 2.64. The fraction of sp³-hybridized carbons (Fsp3) is 0.381. The third-order valence-electron chi connectivity index (χ3n) is 4.07. The normalized spacial score (nSPS) is 11.7. The smallest absolute Gasteiger partial charge is 0.188 e. The Kier molecular flexibility index (Phi) is 8.72. The molecule has 158 valence electrons. The highest BCUT2D eigenvalue weighted by atomic mass is 16.7. The molecule has 29 heavy (non-hydrogen) atoms. The summed E-state index contributed by atoms with van der Waals surface area (Å²) in [7, 11) is 4.47. The van der Waals surface area contributed by atoms with Crippen LogP contribution in [0.4, 0.5) is 0 Å². The van der Waals surface area contributed by atoms with Crippen LogP contribution < -0.4 is 14.2 Å². The molecule has 0 spiro atoms. The monoisotopic (exact) mass is 406 g/mol. The lowest BCUT2D eigenvalue weighted by Gasteiger charge is -2.18. The number of ketones is 1. The van der Waals surface area contributed by atoms with Crippen LogP contribution in [0.5, 0.6) is 23.0 Å². The largest absolute Gasteiger partial charge is 0.507 e. The summed E-state index contributed by atoms with van der Waals surface area (Å²) in [4.78, 5) is 13.2. The van der Waals surface area contributed by atoms with Gasteiger partial charge in [0, 0.05) is 39.4 Å². The van der Waals surface area contributed by atoms with Crippen molar-refractivity contribution in [3.63, 3.8) is 0 Å². The second kappa shape index (κ2) is 11.3. The number of Topliss-reactive ketones (excluding diaryl/α,β-unsaturated/α-hetero) is 1. The average molecular weight is 406 g/mol. The number of carbonyl (C=O) groups is 1. The summed E-state index contributed by atoms with van der Waals surface area (Å²) in [6.45, 7) is 1.74. The van der Waals surface area contributed by atoms with Crippen molar-refractivity contribution in [3.05, 3.63) is 47.5 Å². The highest BCUT2D eigenvalue weighted by molar-refractivity contribution is 6.05. The molecule has 2 aromatic carbocycles. The number of phenolic OH excluding ortho intramolecular Hbond substituents is 1. The number of ether oxygens (including phenoxy) is 6. The van der Waals surface area contributed by atoms with Crippen molar-refractivity contribution >= 4 is 5.78 Å². The van der Waals surface area contributed by atoms with Crippen molar-refractivity contribution in [1.82, 2.24) is 0 Å². The van der Waals surface area contributed by atoms with E-state index >= 15 is 0 Å². The molecule has 0 saturated carbocycles. The molecule has 0 saturated heterocycles. The molecular weight excluding hydrogens is 380 g/mol. The number of hydrogen-bond donors (Lipinski definition) is 1. The zero-order valence-corrected chi connectivity index (χ0v) is 17.0. The molecule has 2 aromatic rings. The summed E-state index contributed by atoms with van der Waals surface area (Å²) in [6.07, 6.45) is 0. The summed E-state index contributed by atoms with van der Waals surface area (Å²) in [5, 5.41) is 10.5. The van der Waals surface area contributed by atoms with E-state index in [2.05, 4.69) is 0 Å². The van der Waals surface area contributed by atoms with Crippen LogP contribution in [0.3, 0.4) is 0 Å². The number of benzene rings is 2. The third-order valence-corrected chi connectivity index (χ3v) is 4.07. The van der Waals surface area contributed by atoms with Gasteiger partial charge >= 0.3 is 0 Å². The molecule has 0 bridgehead atoms. The molecule has 8 nitrogen and oxygen atoms in total. The molecule has 1 unspecified atom stereocenters. The van der Waals surface area contributed by atoms with Gasteiger partial charge in [-0.1, -0.05) is 19.1 Å². The maximum absolute atomic E-state index is 13.2. The van der Waals surface area contributed by atoms with E-state index in [-0.39, 0.29) is 43.2 Å². The predicted molar refractivity (Wildman–Crippen MR) is 105 cm³/mol. The van der Waals surface area contributed by atoms with Crippen LogP contribution >= 0.6 is 0 Å². The molecule has 0 aromatic heterocycles. The van der Waals surface area contributed by atoms with Gasteiger partial charge in [-0.05, 0) is 17.7 Å². The molecular formula is C21H26O8. The lowest BCUT2D eigenvalue weighted by Crippen LogP contribution is -2.13. The fourth-order valence-electron chi connectivity index (χ4n) is 2.64. The molecule has 0 radical (unpaired) electrons. The van der Waals surface area contributed by atoms with E-state index in [4.69, 9.17) is 28.4 Å². The van der Waals surface area contributed by atoms with E-state index in [0.717, 1.165) is 5.56 Å². The Morgan fingerprint density at radius 3 is 2.17 bits per heavy atom. The van der Waals surface area contributed by atoms with Crippen molar-refractivity contribution in [3.8, 4) is 23.0 Å². The lowest BCUT2D eigenvalue weighted by molar-refractivity contribution is 0.0452. The topological polar surface area (TPSA) is 92.7 Å². The van der Waals surface area contributed by atoms with Crippen molar-refractivity contribution in [2.75, 3.05) is 41.7 Å². The minimum absolute atomic E-state index is 0.0128. The Labute approximate surface area is 169 Å². The van der Waals surface area contributed by atoms with Crippen LogP contribution in [-0.4, -0.2) is 52.6 Å². The second-order valence-corrected chi connectivity index (χ2v) is 6.13. The Hall–Kier alpha value is -2.81. The van der Waals surface area contributed by atoms with Gasteiger partial charge in [-0.25, -0.2) is 0 Å². The van der Waals surface area contributed by atoms with Gasteiger partial charge < -0.3 is 33.5 Å². The van der Waals surface area contributed by atoms with Crippen molar-refractivity contribution in [2.24, 2.45) is 0 Å². The van der Waals surface area contributed by atoms with Gasteiger partial charge in [-0.3, -0.25) is 4.79 Å².